The van der Waals surface area contributed by atoms with E-state index in [2.05, 4.69) is 9.97 Å². The average molecular weight is 357 g/mol. The summed E-state index contributed by atoms with van der Waals surface area (Å²) in [5.41, 5.74) is 0.328. The number of halogens is 2. The van der Waals surface area contributed by atoms with Crippen LogP contribution < -0.4 is 9.64 Å². The van der Waals surface area contributed by atoms with Gasteiger partial charge in [0.25, 0.3) is 0 Å². The second-order valence-corrected chi connectivity index (χ2v) is 6.25. The van der Waals surface area contributed by atoms with Gasteiger partial charge in [-0.1, -0.05) is 0 Å². The predicted octanol–water partition coefficient (Wildman–Crippen LogP) is 3.68. The zero-order chi connectivity index (χ0) is 18.3. The third-order valence-electron chi connectivity index (χ3n) is 4.73. The molecule has 0 saturated carbocycles. The minimum absolute atomic E-state index is 0.155. The van der Waals surface area contributed by atoms with Crippen LogP contribution in [0.5, 0.6) is 5.75 Å². The van der Waals surface area contributed by atoms with Crippen LogP contribution in [-0.2, 0) is 0 Å². The third kappa shape index (κ3) is 2.60. The van der Waals surface area contributed by atoms with Crippen molar-refractivity contribution in [2.45, 2.75) is 12.8 Å². The third-order valence-corrected chi connectivity index (χ3v) is 4.73. The molecule has 1 fully saturated rings. The zero-order valence-electron chi connectivity index (χ0n) is 14.2. The van der Waals surface area contributed by atoms with Crippen molar-refractivity contribution >= 4 is 22.5 Å². The first-order valence-electron chi connectivity index (χ1n) is 8.39. The van der Waals surface area contributed by atoms with E-state index in [0.717, 1.165) is 18.9 Å². The lowest BCUT2D eigenvalue weighted by Crippen LogP contribution is -2.21. The Hall–Kier alpha value is -2.96. The normalized spacial score (nSPS) is 14.2. The Morgan fingerprint density at radius 2 is 2.04 bits per heavy atom. The Kier molecular flexibility index (Phi) is 4.06. The lowest BCUT2D eigenvalue weighted by Gasteiger charge is -2.19. The number of benzene rings is 1. The average Bonchev–Trinajstić information content (AvgIpc) is 3.30. The Bertz CT molecular complexity index is 994. The van der Waals surface area contributed by atoms with Crippen LogP contribution in [0.25, 0.3) is 11.0 Å². The number of H-pyrrole nitrogens is 1. The Labute approximate surface area is 148 Å². The van der Waals surface area contributed by atoms with Gasteiger partial charge >= 0.3 is 0 Å². The van der Waals surface area contributed by atoms with Crippen molar-refractivity contribution in [1.82, 2.24) is 9.97 Å². The van der Waals surface area contributed by atoms with E-state index in [1.165, 1.54) is 25.6 Å². The number of hydrogen-bond acceptors (Lipinski definition) is 4. The molecule has 0 bridgehead atoms. The van der Waals surface area contributed by atoms with Gasteiger partial charge in [0, 0.05) is 30.2 Å². The van der Waals surface area contributed by atoms with E-state index in [4.69, 9.17) is 4.74 Å². The number of carbonyl (C=O) groups is 1. The zero-order valence-corrected chi connectivity index (χ0v) is 14.2. The molecule has 2 aromatic heterocycles. The molecule has 1 aromatic carbocycles. The highest BCUT2D eigenvalue weighted by molar-refractivity contribution is 6.16. The van der Waals surface area contributed by atoms with Gasteiger partial charge in [-0.05, 0) is 31.0 Å². The van der Waals surface area contributed by atoms with Gasteiger partial charge in [-0.25, -0.2) is 13.8 Å². The van der Waals surface area contributed by atoms with Crippen molar-refractivity contribution in [1.29, 1.82) is 0 Å². The number of nitrogens with one attached hydrogen (secondary N) is 1. The molecule has 1 aliphatic heterocycles. The molecule has 7 heteroatoms. The van der Waals surface area contributed by atoms with Gasteiger partial charge < -0.3 is 14.6 Å². The summed E-state index contributed by atoms with van der Waals surface area (Å²) in [6, 6.07) is 4.16. The summed E-state index contributed by atoms with van der Waals surface area (Å²) in [7, 11) is 1.48. The first-order valence-corrected chi connectivity index (χ1v) is 8.39. The van der Waals surface area contributed by atoms with Crippen molar-refractivity contribution in [3.05, 3.63) is 53.4 Å². The van der Waals surface area contributed by atoms with Crippen LogP contribution in [0, 0.1) is 11.6 Å². The van der Waals surface area contributed by atoms with Crippen molar-refractivity contribution in [2.24, 2.45) is 0 Å². The molecule has 134 valence electrons. The van der Waals surface area contributed by atoms with Gasteiger partial charge in [0.2, 0.25) is 5.78 Å². The van der Waals surface area contributed by atoms with Crippen LogP contribution in [0.2, 0.25) is 0 Å². The van der Waals surface area contributed by atoms with Crippen molar-refractivity contribution in [3.8, 4) is 5.75 Å². The first-order chi connectivity index (χ1) is 12.6. The molecule has 26 heavy (non-hydrogen) atoms. The number of methoxy groups -OCH3 is 1. The molecule has 0 atom stereocenters. The quantitative estimate of drug-likeness (QED) is 0.724. The van der Waals surface area contributed by atoms with E-state index >= 15 is 4.39 Å². The molecule has 1 saturated heterocycles. The molecular weight excluding hydrogens is 340 g/mol. The maximum Gasteiger partial charge on any atom is 0.201 e. The molecule has 1 N–H and O–H groups in total. The number of carbonyl (C=O) groups excluding carboxylic acids is 1. The fourth-order valence-corrected chi connectivity index (χ4v) is 3.37. The molecule has 3 aromatic rings. The number of ether oxygens (including phenoxy) is 1. The summed E-state index contributed by atoms with van der Waals surface area (Å²) in [6.45, 7) is 1.40. The largest absolute Gasteiger partial charge is 0.495 e. The number of pyridine rings is 1. The SMILES string of the molecule is COc1cnc2[nH]cc(C(=O)c3c(F)ccc(N4CCCC4)c3F)c2c1. The Morgan fingerprint density at radius 3 is 2.77 bits per heavy atom. The topological polar surface area (TPSA) is 58.2 Å². The van der Waals surface area contributed by atoms with Gasteiger partial charge in [0.1, 0.15) is 17.2 Å². The summed E-state index contributed by atoms with van der Waals surface area (Å²) < 4.78 is 34.5. The molecule has 5 nitrogen and oxygen atoms in total. The molecule has 0 unspecified atom stereocenters. The molecular formula is C19H17F2N3O2. The summed E-state index contributed by atoms with van der Waals surface area (Å²) in [5, 5.41) is 0.458. The maximum absolute atomic E-state index is 15.0. The van der Waals surface area contributed by atoms with Crippen LogP contribution in [-0.4, -0.2) is 36.0 Å². The first kappa shape index (κ1) is 16.5. The van der Waals surface area contributed by atoms with E-state index in [1.807, 2.05) is 4.90 Å². The van der Waals surface area contributed by atoms with Crippen LogP contribution >= 0.6 is 0 Å². The Morgan fingerprint density at radius 1 is 1.27 bits per heavy atom. The molecule has 0 radical (unpaired) electrons. The Balaban J connectivity index is 1.82. The fraction of sp³-hybridized carbons (Fsp3) is 0.263. The van der Waals surface area contributed by atoms with Crippen LogP contribution in [0.1, 0.15) is 28.8 Å². The highest BCUT2D eigenvalue weighted by Gasteiger charge is 2.27. The highest BCUT2D eigenvalue weighted by atomic mass is 19.1. The molecule has 0 amide bonds. The maximum atomic E-state index is 15.0. The summed E-state index contributed by atoms with van der Waals surface area (Å²) in [5.74, 6) is -1.96. The molecule has 0 spiro atoms. The summed E-state index contributed by atoms with van der Waals surface area (Å²) >= 11 is 0. The second-order valence-electron chi connectivity index (χ2n) is 6.25. The lowest BCUT2D eigenvalue weighted by molar-refractivity contribution is 0.103. The minimum atomic E-state index is -0.874. The van der Waals surface area contributed by atoms with Crippen molar-refractivity contribution < 1.29 is 18.3 Å². The van der Waals surface area contributed by atoms with E-state index in [9.17, 15) is 9.18 Å². The fourth-order valence-electron chi connectivity index (χ4n) is 3.37. The summed E-state index contributed by atoms with van der Waals surface area (Å²) in [4.78, 5) is 21.8. The van der Waals surface area contributed by atoms with E-state index in [0.29, 0.717) is 29.9 Å². The smallest absolute Gasteiger partial charge is 0.201 e. The minimum Gasteiger partial charge on any atom is -0.495 e. The lowest BCUT2D eigenvalue weighted by atomic mass is 10.0. The predicted molar refractivity (Wildman–Crippen MR) is 93.9 cm³/mol. The number of ketones is 1. The number of rotatable bonds is 4. The van der Waals surface area contributed by atoms with E-state index < -0.39 is 23.0 Å². The number of aromatic nitrogens is 2. The van der Waals surface area contributed by atoms with Crippen LogP contribution in [0.15, 0.2) is 30.6 Å². The van der Waals surface area contributed by atoms with Crippen molar-refractivity contribution in [3.63, 3.8) is 0 Å². The number of aromatic amines is 1. The number of hydrogen-bond donors (Lipinski definition) is 1. The van der Waals surface area contributed by atoms with Gasteiger partial charge in [-0.3, -0.25) is 4.79 Å². The molecule has 3 heterocycles. The van der Waals surface area contributed by atoms with Crippen LogP contribution in [0.4, 0.5) is 14.5 Å². The van der Waals surface area contributed by atoms with Gasteiger partial charge in [0.15, 0.2) is 5.82 Å². The molecule has 1 aliphatic rings. The van der Waals surface area contributed by atoms with Crippen LogP contribution in [0.3, 0.4) is 0 Å². The number of fused-ring (bicyclic) bond motifs is 1. The van der Waals surface area contributed by atoms with Gasteiger partial charge in [-0.2, -0.15) is 0 Å². The number of anilines is 1. The summed E-state index contributed by atoms with van der Waals surface area (Å²) in [6.07, 6.45) is 4.82. The second kappa shape index (κ2) is 6.40. The highest BCUT2D eigenvalue weighted by Crippen LogP contribution is 2.31. The molecule has 4 rings (SSSR count). The number of nitrogens with zero attached hydrogens (tertiary/aromatic N) is 2. The monoisotopic (exact) mass is 357 g/mol. The van der Waals surface area contributed by atoms with E-state index in [-0.39, 0.29) is 11.3 Å². The van der Waals surface area contributed by atoms with E-state index in [1.54, 1.807) is 6.07 Å². The standard InChI is InChI=1S/C19H17F2N3O2/c1-26-11-8-12-13(10-23-19(12)22-9-11)18(25)16-14(20)4-5-15(17(16)21)24-6-2-3-7-24/h4-5,8-10H,2-3,6-7H2,1H3,(H,22,23). The van der Waals surface area contributed by atoms with Gasteiger partial charge in [0.05, 0.1) is 24.6 Å². The van der Waals surface area contributed by atoms with Crippen molar-refractivity contribution in [2.75, 3.05) is 25.1 Å². The van der Waals surface area contributed by atoms with Gasteiger partial charge in [-0.15, -0.1) is 0 Å². The molecule has 0 aliphatic carbocycles.